The monoisotopic (exact) mass is 450 g/mol. The summed E-state index contributed by atoms with van der Waals surface area (Å²) >= 11 is 0. The minimum absolute atomic E-state index is 0.0689. The number of H-pyrrole nitrogens is 1. The van der Waals surface area contributed by atoms with Crippen molar-refractivity contribution in [2.24, 2.45) is 0 Å². The number of nitrogens with one attached hydrogen (secondary N) is 1. The molecule has 1 fully saturated rings. The molecule has 0 atom stereocenters. The summed E-state index contributed by atoms with van der Waals surface area (Å²) in [7, 11) is 0. The number of aromatic nitrogens is 5. The largest absolute Gasteiger partial charge is 0.420 e. The Morgan fingerprint density at radius 3 is 2.76 bits per heavy atom. The van der Waals surface area contributed by atoms with Gasteiger partial charge >= 0.3 is 0 Å². The first kappa shape index (κ1) is 21.0. The zero-order chi connectivity index (χ0) is 22.8. The number of carbonyl (C=O) groups excluding carboxylic acids is 1. The second kappa shape index (κ2) is 8.97. The van der Waals surface area contributed by atoms with Gasteiger partial charge in [0, 0.05) is 43.5 Å². The molecule has 4 aromatic rings. The van der Waals surface area contributed by atoms with E-state index in [1.807, 2.05) is 35.2 Å². The van der Waals surface area contributed by atoms with Crippen molar-refractivity contribution in [1.29, 1.82) is 0 Å². The minimum atomic E-state index is -0.513. The Morgan fingerprint density at radius 2 is 1.97 bits per heavy atom. The van der Waals surface area contributed by atoms with E-state index in [0.29, 0.717) is 50.0 Å². The number of benzene rings is 1. The second-order valence-corrected chi connectivity index (χ2v) is 8.21. The van der Waals surface area contributed by atoms with E-state index in [-0.39, 0.29) is 17.3 Å². The molecule has 4 heterocycles. The van der Waals surface area contributed by atoms with Crippen molar-refractivity contribution in [3.63, 3.8) is 0 Å². The molecule has 5 rings (SSSR count). The average Bonchev–Trinajstić information content (AvgIpc) is 3.47. The van der Waals surface area contributed by atoms with Crippen molar-refractivity contribution < 1.29 is 13.6 Å². The van der Waals surface area contributed by atoms with Gasteiger partial charge in [-0.1, -0.05) is 18.2 Å². The van der Waals surface area contributed by atoms with Crippen LogP contribution < -0.4 is 5.56 Å². The number of fused-ring (bicyclic) bond motifs is 1. The number of rotatable bonds is 6. The maximum atomic E-state index is 13.3. The van der Waals surface area contributed by atoms with E-state index in [2.05, 4.69) is 20.3 Å². The second-order valence-electron chi connectivity index (χ2n) is 8.21. The fourth-order valence-electron chi connectivity index (χ4n) is 4.17. The van der Waals surface area contributed by atoms with Crippen LogP contribution in [0.15, 0.2) is 51.8 Å². The summed E-state index contributed by atoms with van der Waals surface area (Å²) in [5.74, 6) is 1.26. The molecule has 0 spiro atoms. The van der Waals surface area contributed by atoms with Crippen LogP contribution in [-0.4, -0.2) is 48.7 Å². The summed E-state index contributed by atoms with van der Waals surface area (Å²) in [4.78, 5) is 29.1. The SMILES string of the molecule is O=C(CCCc1nn2cc(F)cc2c(=O)[nH]1)N1CCC(c2nnc(-c3ccccc3)o2)CC1. The summed E-state index contributed by atoms with van der Waals surface area (Å²) in [6, 6.07) is 10.8. The van der Waals surface area contributed by atoms with Crippen LogP contribution in [-0.2, 0) is 11.2 Å². The molecule has 1 aliphatic rings. The molecule has 170 valence electrons. The first-order chi connectivity index (χ1) is 16.1. The highest BCUT2D eigenvalue weighted by molar-refractivity contribution is 5.76. The van der Waals surface area contributed by atoms with Gasteiger partial charge in [-0.2, -0.15) is 5.10 Å². The van der Waals surface area contributed by atoms with Crippen LogP contribution in [0.1, 0.15) is 43.3 Å². The number of halogens is 1. The number of carbonyl (C=O) groups is 1. The minimum Gasteiger partial charge on any atom is -0.420 e. The van der Waals surface area contributed by atoms with Gasteiger partial charge in [0.25, 0.3) is 5.56 Å². The average molecular weight is 450 g/mol. The Balaban J connectivity index is 1.12. The van der Waals surface area contributed by atoms with Gasteiger partial charge in [0.2, 0.25) is 17.7 Å². The third kappa shape index (κ3) is 4.55. The number of piperidine rings is 1. The Bertz CT molecular complexity index is 1320. The molecule has 1 amide bonds. The van der Waals surface area contributed by atoms with E-state index >= 15 is 0 Å². The highest BCUT2D eigenvalue weighted by atomic mass is 19.1. The molecule has 1 aliphatic heterocycles. The Morgan fingerprint density at radius 1 is 1.18 bits per heavy atom. The van der Waals surface area contributed by atoms with Crippen molar-refractivity contribution in [3.8, 4) is 11.5 Å². The molecule has 0 aliphatic carbocycles. The highest BCUT2D eigenvalue weighted by Crippen LogP contribution is 2.29. The Labute approximate surface area is 188 Å². The predicted molar refractivity (Wildman–Crippen MR) is 117 cm³/mol. The molecule has 33 heavy (non-hydrogen) atoms. The summed E-state index contributed by atoms with van der Waals surface area (Å²) in [6.07, 6.45) is 4.03. The van der Waals surface area contributed by atoms with Crippen LogP contribution in [0.25, 0.3) is 17.0 Å². The van der Waals surface area contributed by atoms with Crippen LogP contribution in [0.3, 0.4) is 0 Å². The number of hydrogen-bond acceptors (Lipinski definition) is 6. The van der Waals surface area contributed by atoms with E-state index in [1.54, 1.807) is 0 Å². The third-order valence-electron chi connectivity index (χ3n) is 5.95. The smallest absolute Gasteiger partial charge is 0.275 e. The molecule has 3 aromatic heterocycles. The molecule has 1 saturated heterocycles. The molecule has 0 unspecified atom stereocenters. The molecule has 0 bridgehead atoms. The van der Waals surface area contributed by atoms with Crippen molar-refractivity contribution in [2.45, 2.75) is 38.0 Å². The molecule has 10 heteroatoms. The number of likely N-dealkylation sites (tertiary alicyclic amines) is 1. The van der Waals surface area contributed by atoms with E-state index in [9.17, 15) is 14.0 Å². The van der Waals surface area contributed by atoms with E-state index < -0.39 is 11.4 Å². The quantitative estimate of drug-likeness (QED) is 0.484. The van der Waals surface area contributed by atoms with Crippen LogP contribution in [0.4, 0.5) is 4.39 Å². The van der Waals surface area contributed by atoms with E-state index in [4.69, 9.17) is 4.42 Å². The number of aryl methyl sites for hydroxylation is 1. The number of nitrogens with zero attached hydrogens (tertiary/aromatic N) is 5. The van der Waals surface area contributed by atoms with Gasteiger partial charge in [-0.15, -0.1) is 10.2 Å². The molecule has 1 N–H and O–H groups in total. The van der Waals surface area contributed by atoms with Crippen LogP contribution >= 0.6 is 0 Å². The number of hydrogen-bond donors (Lipinski definition) is 1. The molecule has 9 nitrogen and oxygen atoms in total. The third-order valence-corrected chi connectivity index (χ3v) is 5.95. The van der Waals surface area contributed by atoms with Gasteiger partial charge in [0.1, 0.15) is 17.2 Å². The van der Waals surface area contributed by atoms with Crippen molar-refractivity contribution >= 4 is 11.4 Å². The first-order valence-electron chi connectivity index (χ1n) is 11.0. The maximum absolute atomic E-state index is 13.3. The lowest BCUT2D eigenvalue weighted by atomic mass is 9.96. The number of amides is 1. The highest BCUT2D eigenvalue weighted by Gasteiger charge is 2.27. The molecule has 0 radical (unpaired) electrons. The van der Waals surface area contributed by atoms with Crippen LogP contribution in [0.2, 0.25) is 0 Å². The van der Waals surface area contributed by atoms with Gasteiger partial charge in [0.05, 0.1) is 6.20 Å². The zero-order valence-corrected chi connectivity index (χ0v) is 17.9. The summed E-state index contributed by atoms with van der Waals surface area (Å²) < 4.78 is 20.4. The van der Waals surface area contributed by atoms with Gasteiger partial charge < -0.3 is 14.3 Å². The van der Waals surface area contributed by atoms with Gasteiger partial charge in [-0.05, 0) is 31.4 Å². The Hall–Kier alpha value is -3.82. The molecular weight excluding hydrogens is 427 g/mol. The summed E-state index contributed by atoms with van der Waals surface area (Å²) in [5.41, 5.74) is 0.654. The topological polar surface area (TPSA) is 109 Å². The lowest BCUT2D eigenvalue weighted by Crippen LogP contribution is -2.37. The van der Waals surface area contributed by atoms with E-state index in [0.717, 1.165) is 30.7 Å². The van der Waals surface area contributed by atoms with E-state index in [1.165, 1.54) is 4.52 Å². The van der Waals surface area contributed by atoms with Gasteiger partial charge in [-0.25, -0.2) is 8.91 Å². The molecule has 1 aromatic carbocycles. The van der Waals surface area contributed by atoms with Crippen molar-refractivity contribution in [1.82, 2.24) is 29.7 Å². The zero-order valence-electron chi connectivity index (χ0n) is 17.9. The van der Waals surface area contributed by atoms with Crippen molar-refractivity contribution in [3.05, 3.63) is 70.5 Å². The fraction of sp³-hybridized carbons (Fsp3) is 0.348. The summed E-state index contributed by atoms with van der Waals surface area (Å²) in [6.45, 7) is 1.27. The molecular formula is C23H23FN6O3. The maximum Gasteiger partial charge on any atom is 0.275 e. The van der Waals surface area contributed by atoms with Crippen LogP contribution in [0, 0.1) is 5.82 Å². The Kier molecular flexibility index (Phi) is 5.72. The summed E-state index contributed by atoms with van der Waals surface area (Å²) in [5, 5.41) is 12.6. The molecule has 0 saturated carbocycles. The number of aromatic amines is 1. The standard InChI is InChI=1S/C23H23FN6O3/c24-17-13-18-21(32)25-19(28-30(18)14-17)7-4-8-20(31)29-11-9-16(10-12-29)23-27-26-22(33-23)15-5-2-1-3-6-15/h1-3,5-6,13-14,16H,4,7-12H2,(H,25,28,32). The fourth-order valence-corrected chi connectivity index (χ4v) is 4.17. The van der Waals surface area contributed by atoms with Gasteiger partial charge in [-0.3, -0.25) is 9.59 Å². The lowest BCUT2D eigenvalue weighted by Gasteiger charge is -2.30. The predicted octanol–water partition coefficient (Wildman–Crippen LogP) is 2.94. The van der Waals surface area contributed by atoms with Crippen LogP contribution in [0.5, 0.6) is 0 Å². The van der Waals surface area contributed by atoms with Gasteiger partial charge in [0.15, 0.2) is 0 Å². The first-order valence-corrected chi connectivity index (χ1v) is 11.0. The lowest BCUT2D eigenvalue weighted by molar-refractivity contribution is -0.132. The van der Waals surface area contributed by atoms with Crippen molar-refractivity contribution in [2.75, 3.05) is 13.1 Å². The normalized spacial score (nSPS) is 14.8.